The van der Waals surface area contributed by atoms with Gasteiger partial charge in [0.15, 0.2) is 6.10 Å². The van der Waals surface area contributed by atoms with E-state index in [1.165, 1.54) is 128 Å². The van der Waals surface area contributed by atoms with Gasteiger partial charge in [-0.2, -0.15) is 0 Å². The van der Waals surface area contributed by atoms with Crippen molar-refractivity contribution in [1.82, 2.24) is 0 Å². The summed E-state index contributed by atoms with van der Waals surface area (Å²) >= 11 is 0. The summed E-state index contributed by atoms with van der Waals surface area (Å²) in [6, 6.07) is 0. The van der Waals surface area contributed by atoms with E-state index in [2.05, 4.69) is 154 Å². The number of esters is 3. The first-order valence-corrected chi connectivity index (χ1v) is 34.2. The van der Waals surface area contributed by atoms with E-state index < -0.39 is 6.10 Å². The Kier molecular flexibility index (Phi) is 65.3. The summed E-state index contributed by atoms with van der Waals surface area (Å²) in [7, 11) is 0. The van der Waals surface area contributed by atoms with Crippen molar-refractivity contribution in [2.24, 2.45) is 0 Å². The van der Waals surface area contributed by atoms with Crippen molar-refractivity contribution in [3.05, 3.63) is 134 Å². The highest BCUT2D eigenvalue weighted by Crippen LogP contribution is 2.16. The SMILES string of the molecule is CC/C=C\C/C=C\C/C=C\C/C=C\C/C=C\C/C=C\CCCCCCCCCCC(=O)OCC(COC(=O)CCCCCCCCCCCCCCCCCCCC)OC(=O)CCCCC/C=C\C/C=C\C/C=C\C/C=C\C/C=C\CC. The molecule has 6 heteroatoms. The van der Waals surface area contributed by atoms with Gasteiger partial charge in [-0.3, -0.25) is 14.4 Å². The third-order valence-electron chi connectivity index (χ3n) is 14.4. The summed E-state index contributed by atoms with van der Waals surface area (Å²) < 4.78 is 16.9. The van der Waals surface area contributed by atoms with Crippen molar-refractivity contribution in [3.63, 3.8) is 0 Å². The summed E-state index contributed by atoms with van der Waals surface area (Å²) in [6.07, 6.45) is 97.5. The van der Waals surface area contributed by atoms with Gasteiger partial charge in [0.05, 0.1) is 0 Å². The van der Waals surface area contributed by atoms with Gasteiger partial charge < -0.3 is 14.2 Å². The van der Waals surface area contributed by atoms with Gasteiger partial charge in [-0.05, 0) is 116 Å². The molecule has 82 heavy (non-hydrogen) atoms. The fourth-order valence-electron chi connectivity index (χ4n) is 9.36. The zero-order valence-electron chi connectivity index (χ0n) is 53.5. The fraction of sp³-hybridized carbons (Fsp3) is 0.671. The minimum Gasteiger partial charge on any atom is -0.462 e. The summed E-state index contributed by atoms with van der Waals surface area (Å²) in [5.41, 5.74) is 0. The maximum Gasteiger partial charge on any atom is 0.306 e. The van der Waals surface area contributed by atoms with Crippen LogP contribution in [0, 0.1) is 0 Å². The van der Waals surface area contributed by atoms with Gasteiger partial charge in [0.2, 0.25) is 0 Å². The molecule has 0 aromatic rings. The number of unbranched alkanes of at least 4 members (excludes halogenated alkanes) is 28. The molecule has 1 unspecified atom stereocenters. The number of hydrogen-bond donors (Lipinski definition) is 0. The summed E-state index contributed by atoms with van der Waals surface area (Å²) in [5, 5.41) is 0. The smallest absolute Gasteiger partial charge is 0.306 e. The van der Waals surface area contributed by atoms with Crippen LogP contribution >= 0.6 is 0 Å². The van der Waals surface area contributed by atoms with Crippen molar-refractivity contribution in [1.29, 1.82) is 0 Å². The highest BCUT2D eigenvalue weighted by molar-refractivity contribution is 5.71. The first-order valence-electron chi connectivity index (χ1n) is 34.2. The molecular weight excluding hydrogens is 1010 g/mol. The molecule has 0 aromatic carbocycles. The van der Waals surface area contributed by atoms with E-state index in [9.17, 15) is 14.4 Å². The summed E-state index contributed by atoms with van der Waals surface area (Å²) in [4.78, 5) is 38.4. The van der Waals surface area contributed by atoms with Crippen LogP contribution in [0.5, 0.6) is 0 Å². The molecule has 0 saturated heterocycles. The molecule has 0 N–H and O–H groups in total. The molecule has 466 valence electrons. The lowest BCUT2D eigenvalue weighted by atomic mass is 10.0. The van der Waals surface area contributed by atoms with Gasteiger partial charge >= 0.3 is 17.9 Å². The first kappa shape index (κ1) is 77.5. The number of hydrogen-bond acceptors (Lipinski definition) is 6. The Hall–Kier alpha value is -4.45. The van der Waals surface area contributed by atoms with E-state index in [0.717, 1.165) is 141 Å². The molecule has 0 spiro atoms. The molecule has 0 amide bonds. The second kappa shape index (κ2) is 69.0. The molecule has 0 radical (unpaired) electrons. The molecular formula is C76H126O6. The molecule has 0 fully saturated rings. The van der Waals surface area contributed by atoms with Crippen LogP contribution in [-0.4, -0.2) is 37.2 Å². The van der Waals surface area contributed by atoms with Crippen LogP contribution in [0.15, 0.2) is 134 Å². The third-order valence-corrected chi connectivity index (χ3v) is 14.4. The van der Waals surface area contributed by atoms with E-state index in [4.69, 9.17) is 14.2 Å². The number of carbonyl (C=O) groups is 3. The second-order valence-corrected chi connectivity index (χ2v) is 22.3. The lowest BCUT2D eigenvalue weighted by molar-refractivity contribution is -0.167. The van der Waals surface area contributed by atoms with Crippen molar-refractivity contribution >= 4 is 17.9 Å². The van der Waals surface area contributed by atoms with Gasteiger partial charge in [0.1, 0.15) is 13.2 Å². The standard InChI is InChI=1S/C76H126O6/c1-4-7-10-13-16-19-22-25-28-31-34-35-36-37-38-39-40-41-43-45-48-51-54-57-60-63-66-69-75(78)81-72-73(71-80-74(77)68-65-62-59-56-53-50-47-44-33-30-27-24-21-18-15-12-9-6-3)82-76(79)70-67-64-61-58-55-52-49-46-42-32-29-26-23-20-17-14-11-8-5-2/h7-8,10-11,16-17,19-20,25-26,28-29,34-35,37-38,40-42,46,52,55,73H,4-6,9,12-15,18,21-24,27,30-33,36,39,43-45,47-51,53-54,56-72H2,1-3H3/b10-7-,11-8-,19-16-,20-17-,28-25-,29-26-,35-34-,38-37-,41-40-,46-42-,55-52-. The molecule has 1 atom stereocenters. The number of allylic oxidation sites excluding steroid dienone is 22. The van der Waals surface area contributed by atoms with Crippen LogP contribution in [0.25, 0.3) is 0 Å². The van der Waals surface area contributed by atoms with E-state index >= 15 is 0 Å². The Bertz CT molecular complexity index is 1730. The van der Waals surface area contributed by atoms with E-state index in [0.29, 0.717) is 12.8 Å². The number of carbonyl (C=O) groups excluding carboxylic acids is 3. The lowest BCUT2D eigenvalue weighted by Crippen LogP contribution is -2.30. The quantitative estimate of drug-likeness (QED) is 0.0261. The van der Waals surface area contributed by atoms with Gasteiger partial charge in [-0.25, -0.2) is 0 Å². The van der Waals surface area contributed by atoms with Crippen molar-refractivity contribution in [3.8, 4) is 0 Å². The maximum atomic E-state index is 12.9. The average Bonchev–Trinajstić information content (AvgIpc) is 3.47. The lowest BCUT2D eigenvalue weighted by Gasteiger charge is -2.18. The van der Waals surface area contributed by atoms with Gasteiger partial charge in [0.25, 0.3) is 0 Å². The molecule has 0 aliphatic rings. The zero-order chi connectivity index (χ0) is 59.2. The predicted octanol–water partition coefficient (Wildman–Crippen LogP) is 23.7. The van der Waals surface area contributed by atoms with Crippen molar-refractivity contribution < 1.29 is 28.6 Å². The third kappa shape index (κ3) is 66.4. The summed E-state index contributed by atoms with van der Waals surface area (Å²) in [5.74, 6) is -0.927. The monoisotopic (exact) mass is 1130 g/mol. The molecule has 6 nitrogen and oxygen atoms in total. The normalized spacial score (nSPS) is 13.0. The number of ether oxygens (including phenoxy) is 3. The molecule has 0 heterocycles. The van der Waals surface area contributed by atoms with Crippen LogP contribution in [0.2, 0.25) is 0 Å². The molecule has 0 bridgehead atoms. The zero-order valence-corrected chi connectivity index (χ0v) is 53.5. The van der Waals surface area contributed by atoms with Crippen LogP contribution in [-0.2, 0) is 28.6 Å². The minimum atomic E-state index is -0.804. The molecule has 0 rings (SSSR count). The second-order valence-electron chi connectivity index (χ2n) is 22.3. The molecule has 0 aromatic heterocycles. The van der Waals surface area contributed by atoms with Gasteiger partial charge in [0, 0.05) is 19.3 Å². The Balaban J connectivity index is 4.43. The van der Waals surface area contributed by atoms with Crippen molar-refractivity contribution in [2.45, 2.75) is 316 Å². The van der Waals surface area contributed by atoms with Crippen LogP contribution in [0.4, 0.5) is 0 Å². The Morgan fingerprint density at radius 2 is 0.476 bits per heavy atom. The maximum absolute atomic E-state index is 12.9. The average molecular weight is 1140 g/mol. The number of rotatable bonds is 61. The van der Waals surface area contributed by atoms with Crippen LogP contribution in [0.1, 0.15) is 310 Å². The Morgan fingerprint density at radius 3 is 0.756 bits per heavy atom. The molecule has 0 aliphatic heterocycles. The predicted molar refractivity (Wildman–Crippen MR) is 357 cm³/mol. The minimum absolute atomic E-state index is 0.0949. The van der Waals surface area contributed by atoms with Gasteiger partial charge in [-0.1, -0.05) is 309 Å². The highest BCUT2D eigenvalue weighted by Gasteiger charge is 2.19. The molecule has 0 saturated carbocycles. The fourth-order valence-corrected chi connectivity index (χ4v) is 9.36. The Labute approximate surface area is 506 Å². The largest absolute Gasteiger partial charge is 0.462 e. The van der Waals surface area contributed by atoms with Crippen LogP contribution in [0.3, 0.4) is 0 Å². The summed E-state index contributed by atoms with van der Waals surface area (Å²) in [6.45, 7) is 6.41. The molecule has 0 aliphatic carbocycles. The topological polar surface area (TPSA) is 78.9 Å². The van der Waals surface area contributed by atoms with E-state index in [1.807, 2.05) is 0 Å². The van der Waals surface area contributed by atoms with E-state index in [1.54, 1.807) is 0 Å². The Morgan fingerprint density at radius 1 is 0.256 bits per heavy atom. The van der Waals surface area contributed by atoms with Gasteiger partial charge in [-0.15, -0.1) is 0 Å². The van der Waals surface area contributed by atoms with Crippen LogP contribution < -0.4 is 0 Å². The van der Waals surface area contributed by atoms with E-state index in [-0.39, 0.29) is 37.5 Å². The highest BCUT2D eigenvalue weighted by atomic mass is 16.6. The first-order chi connectivity index (χ1) is 40.5. The van der Waals surface area contributed by atoms with Crippen molar-refractivity contribution in [2.75, 3.05) is 13.2 Å².